The van der Waals surface area contributed by atoms with E-state index in [1.165, 1.54) is 19.1 Å². The van der Waals surface area contributed by atoms with E-state index in [9.17, 15) is 9.59 Å². The summed E-state index contributed by atoms with van der Waals surface area (Å²) in [7, 11) is 0. The van der Waals surface area contributed by atoms with E-state index in [-0.39, 0.29) is 11.6 Å². The van der Waals surface area contributed by atoms with Gasteiger partial charge in [0.25, 0.3) is 11.8 Å². The number of aromatic nitrogens is 1. The summed E-state index contributed by atoms with van der Waals surface area (Å²) in [5.74, 6) is -0.816. The van der Waals surface area contributed by atoms with Gasteiger partial charge in [-0.1, -0.05) is 37.1 Å². The lowest BCUT2D eigenvalue weighted by atomic mass is 10.0. The van der Waals surface area contributed by atoms with E-state index in [2.05, 4.69) is 22.9 Å². The maximum Gasteiger partial charge on any atom is 0.271 e. The van der Waals surface area contributed by atoms with E-state index < -0.39 is 5.91 Å². The van der Waals surface area contributed by atoms with Crippen LogP contribution < -0.4 is 16.6 Å². The number of unbranched alkanes of at least 4 members (excludes halogenated alkanes) is 4. The second-order valence-electron chi connectivity index (χ2n) is 7.19. The van der Waals surface area contributed by atoms with E-state index in [4.69, 9.17) is 15.0 Å². The first-order chi connectivity index (χ1) is 14.6. The fraction of sp³-hybridized carbons (Fsp3) is 0.500. The van der Waals surface area contributed by atoms with Crippen molar-refractivity contribution >= 4 is 11.8 Å². The number of nitrogens with zero attached hydrogens (tertiary/aromatic N) is 1. The number of hydrazine groups is 1. The second kappa shape index (κ2) is 13.5. The number of carbonyl (C=O) groups excluding carboxylic acids is 2. The van der Waals surface area contributed by atoms with Gasteiger partial charge in [-0.25, -0.2) is 5.43 Å². The molecule has 0 radical (unpaired) electrons. The second-order valence-corrected chi connectivity index (χ2v) is 7.19. The number of primary amides is 1. The minimum Gasteiger partial charge on any atom is -0.381 e. The summed E-state index contributed by atoms with van der Waals surface area (Å²) in [6, 6.07) is 7.12. The number of hydrogen-bond donors (Lipinski definition) is 3. The van der Waals surface area contributed by atoms with E-state index in [1.54, 1.807) is 12.1 Å². The molecule has 0 aliphatic rings. The van der Waals surface area contributed by atoms with Crippen LogP contribution in [0.5, 0.6) is 0 Å². The van der Waals surface area contributed by atoms with Crippen LogP contribution in [-0.4, -0.2) is 36.7 Å². The van der Waals surface area contributed by atoms with Gasteiger partial charge in [-0.15, -0.1) is 0 Å². The summed E-state index contributed by atoms with van der Waals surface area (Å²) < 4.78 is 10.4. The standard InChI is InChI=1S/C22H32N4O4/c1-2-3-6-13-29-14-7-4-5-12-24-25-22(28)18-10-8-17(9-11-18)15-19-16-30-26-20(19)21(23)27/h8-11,16,24H,2-7,12-15H2,1H3,(H2,23,27)(H,25,28). The third kappa shape index (κ3) is 8.34. The highest BCUT2D eigenvalue weighted by atomic mass is 16.5. The topological polar surface area (TPSA) is 119 Å². The van der Waals surface area contributed by atoms with Crippen LogP contribution in [0.15, 0.2) is 35.1 Å². The molecule has 0 unspecified atom stereocenters. The zero-order valence-electron chi connectivity index (χ0n) is 17.6. The molecular weight excluding hydrogens is 384 g/mol. The molecule has 0 saturated heterocycles. The summed E-state index contributed by atoms with van der Waals surface area (Å²) in [6.07, 6.45) is 8.50. The van der Waals surface area contributed by atoms with Gasteiger partial charge in [-0.2, -0.15) is 0 Å². The molecule has 1 aromatic heterocycles. The van der Waals surface area contributed by atoms with Crippen molar-refractivity contribution in [2.45, 2.75) is 51.9 Å². The minimum atomic E-state index is -0.625. The fourth-order valence-electron chi connectivity index (χ4n) is 2.95. The van der Waals surface area contributed by atoms with Crippen molar-refractivity contribution in [3.05, 3.63) is 52.9 Å². The molecule has 0 aliphatic carbocycles. The van der Waals surface area contributed by atoms with Crippen molar-refractivity contribution in [3.63, 3.8) is 0 Å². The molecule has 8 heteroatoms. The Hall–Kier alpha value is -2.71. The molecule has 0 bridgehead atoms. The van der Waals surface area contributed by atoms with Crippen molar-refractivity contribution in [3.8, 4) is 0 Å². The van der Waals surface area contributed by atoms with Crippen molar-refractivity contribution < 1.29 is 18.8 Å². The largest absolute Gasteiger partial charge is 0.381 e. The third-order valence-corrected chi connectivity index (χ3v) is 4.67. The summed E-state index contributed by atoms with van der Waals surface area (Å²) in [6.45, 7) is 4.55. The number of nitrogens with two attached hydrogens (primary N) is 1. The van der Waals surface area contributed by atoms with Crippen LogP contribution in [0.2, 0.25) is 0 Å². The number of amides is 2. The third-order valence-electron chi connectivity index (χ3n) is 4.67. The Balaban J connectivity index is 1.61. The van der Waals surface area contributed by atoms with Crippen LogP contribution in [0, 0.1) is 0 Å². The maximum atomic E-state index is 12.2. The zero-order chi connectivity index (χ0) is 21.6. The molecule has 0 saturated carbocycles. The number of ether oxygens (including phenoxy) is 1. The lowest BCUT2D eigenvalue weighted by Crippen LogP contribution is -2.37. The van der Waals surface area contributed by atoms with Crippen LogP contribution in [0.3, 0.4) is 0 Å². The van der Waals surface area contributed by atoms with Gasteiger partial charge in [0, 0.05) is 37.3 Å². The summed E-state index contributed by atoms with van der Waals surface area (Å²) >= 11 is 0. The Labute approximate surface area is 177 Å². The van der Waals surface area contributed by atoms with Gasteiger partial charge in [0.2, 0.25) is 0 Å². The van der Waals surface area contributed by atoms with Gasteiger partial charge in [0.15, 0.2) is 5.69 Å². The average Bonchev–Trinajstić information content (AvgIpc) is 3.21. The first-order valence-corrected chi connectivity index (χ1v) is 10.5. The van der Waals surface area contributed by atoms with Crippen molar-refractivity contribution in [2.24, 2.45) is 5.73 Å². The van der Waals surface area contributed by atoms with Gasteiger partial charge in [-0.3, -0.25) is 15.0 Å². The van der Waals surface area contributed by atoms with Crippen LogP contribution in [0.25, 0.3) is 0 Å². The zero-order valence-corrected chi connectivity index (χ0v) is 17.6. The number of carbonyl (C=O) groups is 2. The number of rotatable bonds is 15. The smallest absolute Gasteiger partial charge is 0.271 e. The summed E-state index contributed by atoms with van der Waals surface area (Å²) in [5, 5.41) is 3.61. The summed E-state index contributed by atoms with van der Waals surface area (Å²) in [5.41, 5.74) is 13.1. The van der Waals surface area contributed by atoms with Crippen molar-refractivity contribution in [2.75, 3.05) is 19.8 Å². The van der Waals surface area contributed by atoms with Crippen LogP contribution in [-0.2, 0) is 11.2 Å². The Morgan fingerprint density at radius 1 is 1.07 bits per heavy atom. The molecule has 0 spiro atoms. The molecule has 1 aromatic carbocycles. The molecule has 2 aromatic rings. The molecule has 0 fully saturated rings. The minimum absolute atomic E-state index is 0.129. The molecule has 2 rings (SSSR count). The van der Waals surface area contributed by atoms with Gasteiger partial charge < -0.3 is 15.0 Å². The Morgan fingerprint density at radius 2 is 1.80 bits per heavy atom. The number of benzene rings is 1. The van der Waals surface area contributed by atoms with Gasteiger partial charge in [-0.05, 0) is 43.4 Å². The number of hydrogen-bond acceptors (Lipinski definition) is 6. The molecule has 4 N–H and O–H groups in total. The lowest BCUT2D eigenvalue weighted by Gasteiger charge is -2.08. The summed E-state index contributed by atoms with van der Waals surface area (Å²) in [4.78, 5) is 23.5. The molecule has 164 valence electrons. The predicted octanol–water partition coefficient (Wildman–Crippen LogP) is 2.98. The Kier molecular flexibility index (Phi) is 10.6. The van der Waals surface area contributed by atoms with Gasteiger partial charge in [0.05, 0.1) is 0 Å². The Morgan fingerprint density at radius 3 is 2.50 bits per heavy atom. The van der Waals surface area contributed by atoms with E-state index in [0.29, 0.717) is 24.1 Å². The quantitative estimate of drug-likeness (QED) is 0.303. The first kappa shape index (κ1) is 23.6. The highest BCUT2D eigenvalue weighted by Gasteiger charge is 2.14. The highest BCUT2D eigenvalue weighted by Crippen LogP contribution is 2.14. The van der Waals surface area contributed by atoms with Crippen LogP contribution in [0.1, 0.15) is 77.4 Å². The monoisotopic (exact) mass is 416 g/mol. The maximum absolute atomic E-state index is 12.2. The Bertz CT molecular complexity index is 774. The van der Waals surface area contributed by atoms with Crippen LogP contribution in [0.4, 0.5) is 0 Å². The first-order valence-electron chi connectivity index (χ1n) is 10.5. The predicted molar refractivity (Wildman–Crippen MR) is 114 cm³/mol. The van der Waals surface area contributed by atoms with Crippen molar-refractivity contribution in [1.82, 2.24) is 16.0 Å². The molecule has 30 heavy (non-hydrogen) atoms. The highest BCUT2D eigenvalue weighted by molar-refractivity contribution is 5.94. The van der Waals surface area contributed by atoms with E-state index >= 15 is 0 Å². The lowest BCUT2D eigenvalue weighted by molar-refractivity contribution is 0.0931. The molecule has 0 atom stereocenters. The normalized spacial score (nSPS) is 10.8. The van der Waals surface area contributed by atoms with E-state index in [0.717, 1.165) is 44.5 Å². The molecule has 1 heterocycles. The fourth-order valence-corrected chi connectivity index (χ4v) is 2.95. The SMILES string of the molecule is CCCCCOCCCCCNNC(=O)c1ccc(Cc2conc2C(N)=O)cc1. The molecule has 8 nitrogen and oxygen atoms in total. The van der Waals surface area contributed by atoms with E-state index in [1.807, 2.05) is 12.1 Å². The van der Waals surface area contributed by atoms with Crippen molar-refractivity contribution in [1.29, 1.82) is 0 Å². The molecule has 0 aliphatic heterocycles. The number of nitrogens with one attached hydrogen (secondary N) is 2. The molecular formula is C22H32N4O4. The van der Waals surface area contributed by atoms with Crippen LogP contribution >= 0.6 is 0 Å². The molecule has 2 amide bonds. The average molecular weight is 417 g/mol. The van der Waals surface area contributed by atoms with Gasteiger partial charge >= 0.3 is 0 Å². The van der Waals surface area contributed by atoms with Gasteiger partial charge in [0.1, 0.15) is 6.26 Å².